The Kier molecular flexibility index (Phi) is 4.97. The Bertz CT molecular complexity index is 494. The largest absolute Gasteiger partial charge is 0.354 e. The molecule has 1 aromatic rings. The number of hydrogen-bond donors (Lipinski definition) is 1. The summed E-state index contributed by atoms with van der Waals surface area (Å²) in [6, 6.07) is 0. The first-order valence-corrected chi connectivity index (χ1v) is 7.07. The van der Waals surface area contributed by atoms with Gasteiger partial charge >= 0.3 is 0 Å². The van der Waals surface area contributed by atoms with Crippen LogP contribution in [0.2, 0.25) is 0 Å². The molecule has 1 N–H and O–H groups in total. The van der Waals surface area contributed by atoms with Crippen LogP contribution in [0.15, 0.2) is 17.2 Å². The van der Waals surface area contributed by atoms with E-state index in [1.54, 1.807) is 17.0 Å². The molecule has 0 unspecified atom stereocenters. The van der Waals surface area contributed by atoms with Crippen LogP contribution in [0.25, 0.3) is 0 Å². The van der Waals surface area contributed by atoms with Gasteiger partial charge in [0, 0.05) is 43.6 Å². The maximum Gasteiger partial charge on any atom is 0.293 e. The van der Waals surface area contributed by atoms with E-state index in [1.165, 1.54) is 0 Å². The summed E-state index contributed by atoms with van der Waals surface area (Å²) in [5, 5.41) is 3.41. The number of aromatic nitrogens is 2. The summed E-state index contributed by atoms with van der Waals surface area (Å²) in [7, 11) is 1.90. The Balaban J connectivity index is 2.84. The van der Waals surface area contributed by atoms with E-state index in [2.05, 4.69) is 31.1 Å². The van der Waals surface area contributed by atoms with E-state index in [9.17, 15) is 4.79 Å². The predicted octanol–water partition coefficient (Wildman–Crippen LogP) is 1.82. The fourth-order valence-corrected chi connectivity index (χ4v) is 1.90. The molecule has 0 saturated carbocycles. The lowest BCUT2D eigenvalue weighted by molar-refractivity contribution is 0.382. The van der Waals surface area contributed by atoms with Crippen molar-refractivity contribution in [3.63, 3.8) is 0 Å². The normalized spacial score (nSPS) is 12.6. The zero-order valence-electron chi connectivity index (χ0n) is 13.8. The molecule has 0 radical (unpaired) electrons. The van der Waals surface area contributed by atoms with Gasteiger partial charge in [-0.3, -0.25) is 4.79 Å². The van der Waals surface area contributed by atoms with Gasteiger partial charge in [-0.2, -0.15) is 0 Å². The van der Waals surface area contributed by atoms with Gasteiger partial charge in [-0.1, -0.05) is 0 Å². The monoisotopic (exact) mass is 280 g/mol. The molecule has 114 valence electrons. The van der Waals surface area contributed by atoms with Crippen molar-refractivity contribution in [1.82, 2.24) is 14.9 Å². The number of rotatable bonds is 4. The maximum atomic E-state index is 12.5. The molecule has 0 saturated heterocycles. The van der Waals surface area contributed by atoms with Gasteiger partial charge < -0.3 is 14.8 Å². The minimum Gasteiger partial charge on any atom is -0.354 e. The highest BCUT2D eigenvalue weighted by atomic mass is 16.1. The molecule has 0 aromatic carbocycles. The number of hydrogen-bond acceptors (Lipinski definition) is 4. The van der Waals surface area contributed by atoms with Crippen LogP contribution in [0.3, 0.4) is 0 Å². The van der Waals surface area contributed by atoms with E-state index >= 15 is 0 Å². The first-order valence-electron chi connectivity index (χ1n) is 7.07. The second-order valence-corrected chi connectivity index (χ2v) is 7.20. The summed E-state index contributed by atoms with van der Waals surface area (Å²) >= 11 is 0. The molecule has 1 aromatic heterocycles. The molecule has 1 heterocycles. The van der Waals surface area contributed by atoms with Crippen LogP contribution < -0.4 is 15.8 Å². The molecular formula is C15H28N4O. The molecule has 0 aliphatic heterocycles. The summed E-state index contributed by atoms with van der Waals surface area (Å²) in [6.45, 7) is 14.0. The molecule has 20 heavy (non-hydrogen) atoms. The molecule has 0 fully saturated rings. The number of likely N-dealkylation sites (N-methyl/N-ethyl adjacent to an activating group) is 1. The summed E-state index contributed by atoms with van der Waals surface area (Å²) in [5.74, 6) is 0.498. The molecule has 0 atom stereocenters. The van der Waals surface area contributed by atoms with E-state index < -0.39 is 0 Å². The highest BCUT2D eigenvalue weighted by molar-refractivity contribution is 5.34. The van der Waals surface area contributed by atoms with Gasteiger partial charge in [0.15, 0.2) is 5.82 Å². The minimum absolute atomic E-state index is 0.0433. The third-order valence-electron chi connectivity index (χ3n) is 3.01. The number of nitrogens with zero attached hydrogens (tertiary/aromatic N) is 3. The van der Waals surface area contributed by atoms with Crippen LogP contribution in [0.4, 0.5) is 5.82 Å². The lowest BCUT2D eigenvalue weighted by Gasteiger charge is -2.26. The summed E-state index contributed by atoms with van der Waals surface area (Å²) in [5.41, 5.74) is -0.200. The zero-order valence-corrected chi connectivity index (χ0v) is 13.8. The van der Waals surface area contributed by atoms with Crippen molar-refractivity contribution in [2.24, 2.45) is 0 Å². The SMILES string of the molecule is CN(CCNC(C)(C)C)c1nccn(C(C)(C)C)c1=O. The van der Waals surface area contributed by atoms with Gasteiger partial charge in [0.25, 0.3) is 5.56 Å². The smallest absolute Gasteiger partial charge is 0.293 e. The average Bonchev–Trinajstić information content (AvgIpc) is 2.25. The van der Waals surface area contributed by atoms with Crippen LogP contribution in [-0.4, -0.2) is 35.2 Å². The standard InChI is InChI=1S/C15H28N4O/c1-14(2,3)17-9-10-18(7)12-13(20)19(11-8-16-12)15(4,5)6/h8,11,17H,9-10H2,1-7H3. The van der Waals surface area contributed by atoms with Crippen LogP contribution >= 0.6 is 0 Å². The lowest BCUT2D eigenvalue weighted by atomic mass is 10.1. The maximum absolute atomic E-state index is 12.5. The van der Waals surface area contributed by atoms with Crippen molar-refractivity contribution in [3.8, 4) is 0 Å². The first-order chi connectivity index (χ1) is 9.02. The van der Waals surface area contributed by atoms with E-state index in [-0.39, 0.29) is 16.6 Å². The van der Waals surface area contributed by atoms with Crippen LogP contribution in [0.5, 0.6) is 0 Å². The Morgan fingerprint density at radius 2 is 1.85 bits per heavy atom. The third-order valence-corrected chi connectivity index (χ3v) is 3.01. The number of nitrogens with one attached hydrogen (secondary N) is 1. The summed E-state index contributed by atoms with van der Waals surface area (Å²) < 4.78 is 1.73. The third kappa shape index (κ3) is 4.63. The van der Waals surface area contributed by atoms with Gasteiger partial charge in [-0.25, -0.2) is 4.98 Å². The Morgan fingerprint density at radius 1 is 1.25 bits per heavy atom. The molecule has 0 aliphatic rings. The van der Waals surface area contributed by atoms with Crippen LogP contribution in [0, 0.1) is 0 Å². The second kappa shape index (κ2) is 5.95. The van der Waals surface area contributed by atoms with Crippen molar-refractivity contribution in [2.75, 3.05) is 25.0 Å². The Labute approximate surface area is 122 Å². The summed E-state index contributed by atoms with van der Waals surface area (Å²) in [6.07, 6.45) is 3.43. The van der Waals surface area contributed by atoms with Crippen molar-refractivity contribution < 1.29 is 0 Å². The molecule has 1 rings (SSSR count). The summed E-state index contributed by atoms with van der Waals surface area (Å²) in [4.78, 5) is 18.6. The topological polar surface area (TPSA) is 50.2 Å². The van der Waals surface area contributed by atoms with Crippen molar-refractivity contribution >= 4 is 5.82 Å². The molecule has 0 aliphatic carbocycles. The molecule has 0 amide bonds. The number of anilines is 1. The van der Waals surface area contributed by atoms with E-state index in [0.717, 1.165) is 13.1 Å². The minimum atomic E-state index is -0.237. The van der Waals surface area contributed by atoms with Crippen LogP contribution in [0.1, 0.15) is 41.5 Å². The molecule has 5 heteroatoms. The molecule has 5 nitrogen and oxygen atoms in total. The van der Waals surface area contributed by atoms with Gasteiger partial charge in [0.1, 0.15) is 0 Å². The van der Waals surface area contributed by atoms with Gasteiger partial charge in [0.05, 0.1) is 0 Å². The average molecular weight is 280 g/mol. The van der Waals surface area contributed by atoms with Crippen molar-refractivity contribution in [1.29, 1.82) is 0 Å². The highest BCUT2D eigenvalue weighted by Gasteiger charge is 2.18. The quantitative estimate of drug-likeness (QED) is 0.914. The Morgan fingerprint density at radius 3 is 2.35 bits per heavy atom. The van der Waals surface area contributed by atoms with E-state index in [1.807, 2.05) is 32.7 Å². The van der Waals surface area contributed by atoms with Gasteiger partial charge in [-0.15, -0.1) is 0 Å². The van der Waals surface area contributed by atoms with E-state index in [4.69, 9.17) is 0 Å². The fraction of sp³-hybridized carbons (Fsp3) is 0.733. The second-order valence-electron chi connectivity index (χ2n) is 7.20. The molecule has 0 spiro atoms. The molecule has 0 bridgehead atoms. The van der Waals surface area contributed by atoms with Crippen LogP contribution in [-0.2, 0) is 5.54 Å². The fourth-order valence-electron chi connectivity index (χ4n) is 1.90. The zero-order chi connectivity index (χ0) is 15.6. The highest BCUT2D eigenvalue weighted by Crippen LogP contribution is 2.11. The predicted molar refractivity (Wildman–Crippen MR) is 84.5 cm³/mol. The molecular weight excluding hydrogens is 252 g/mol. The first kappa shape index (κ1) is 16.7. The van der Waals surface area contributed by atoms with Gasteiger partial charge in [0.2, 0.25) is 0 Å². The van der Waals surface area contributed by atoms with Crippen molar-refractivity contribution in [3.05, 3.63) is 22.7 Å². The Hall–Kier alpha value is -1.36. The van der Waals surface area contributed by atoms with Crippen molar-refractivity contribution in [2.45, 2.75) is 52.6 Å². The lowest BCUT2D eigenvalue weighted by Crippen LogP contribution is -2.43. The van der Waals surface area contributed by atoms with E-state index in [0.29, 0.717) is 5.82 Å². The van der Waals surface area contributed by atoms with Gasteiger partial charge in [-0.05, 0) is 41.5 Å².